The van der Waals surface area contributed by atoms with E-state index in [1.165, 1.54) is 34.5 Å². The molecule has 0 amide bonds. The van der Waals surface area contributed by atoms with Crippen molar-refractivity contribution in [1.29, 1.82) is 0 Å². The fourth-order valence-corrected chi connectivity index (χ4v) is 4.26. The van der Waals surface area contributed by atoms with Crippen molar-refractivity contribution in [2.24, 2.45) is 0 Å². The highest BCUT2D eigenvalue weighted by Crippen LogP contribution is 2.46. The molecule has 1 heterocycles. The second kappa shape index (κ2) is 5.16. The smallest absolute Gasteiger partial charge is 0.0871 e. The molecule has 2 aromatic carbocycles. The lowest BCUT2D eigenvalue weighted by molar-refractivity contribution is 0.228. The topological polar surface area (TPSA) is 12.5 Å². The summed E-state index contributed by atoms with van der Waals surface area (Å²) in [6.45, 7) is 5.40. The average molecular weight is 297 g/mol. The van der Waals surface area contributed by atoms with Gasteiger partial charge in [-0.05, 0) is 36.1 Å². The minimum absolute atomic E-state index is 0.293. The zero-order valence-corrected chi connectivity index (χ0v) is 13.1. The van der Waals surface area contributed by atoms with Crippen LogP contribution >= 0.6 is 12.2 Å². The molecule has 0 spiro atoms. The molecule has 0 radical (unpaired) electrons. The third-order valence-corrected chi connectivity index (χ3v) is 5.81. The Morgan fingerprint density at radius 3 is 2.05 bits per heavy atom. The van der Waals surface area contributed by atoms with Crippen LogP contribution in [-0.4, -0.2) is 23.0 Å². The van der Waals surface area contributed by atoms with E-state index in [4.69, 9.17) is 4.18 Å². The zero-order chi connectivity index (χ0) is 14.4. The first-order valence-corrected chi connectivity index (χ1v) is 8.24. The molecule has 0 unspecified atom stereocenters. The average Bonchev–Trinajstić information content (AvgIpc) is 3.01. The number of rotatable bonds is 2. The molecule has 1 aliphatic heterocycles. The molecule has 1 saturated heterocycles. The minimum atomic E-state index is 0.293. The highest BCUT2D eigenvalue weighted by molar-refractivity contribution is 7.92. The summed E-state index contributed by atoms with van der Waals surface area (Å²) in [5.41, 5.74) is 5.69. The second-order valence-corrected chi connectivity index (χ2v) is 6.75. The van der Waals surface area contributed by atoms with Gasteiger partial charge in [0.15, 0.2) is 0 Å². The summed E-state index contributed by atoms with van der Waals surface area (Å²) in [5, 5.41) is 0. The maximum absolute atomic E-state index is 5.71. The van der Waals surface area contributed by atoms with Gasteiger partial charge in [-0.25, -0.2) is 4.31 Å². The lowest BCUT2D eigenvalue weighted by Crippen LogP contribution is -2.31. The summed E-state index contributed by atoms with van der Waals surface area (Å²) in [6.07, 6.45) is 0.293. The van der Waals surface area contributed by atoms with Crippen LogP contribution in [0.3, 0.4) is 0 Å². The fourth-order valence-electron chi connectivity index (χ4n) is 3.34. The number of hydrogen-bond acceptors (Lipinski definition) is 3. The van der Waals surface area contributed by atoms with Crippen LogP contribution in [0.15, 0.2) is 48.5 Å². The van der Waals surface area contributed by atoms with Gasteiger partial charge < -0.3 is 0 Å². The van der Waals surface area contributed by atoms with Crippen LogP contribution in [0.5, 0.6) is 0 Å². The quantitative estimate of drug-likeness (QED) is 0.599. The lowest BCUT2D eigenvalue weighted by Gasteiger charge is -2.23. The van der Waals surface area contributed by atoms with E-state index in [1.54, 1.807) is 0 Å². The summed E-state index contributed by atoms with van der Waals surface area (Å²) in [5.74, 6) is 0.446. The lowest BCUT2D eigenvalue weighted by atomic mass is 9.96. The van der Waals surface area contributed by atoms with Gasteiger partial charge in [0.25, 0.3) is 0 Å². The molecule has 2 atom stereocenters. The van der Waals surface area contributed by atoms with E-state index in [1.807, 2.05) is 0 Å². The minimum Gasteiger partial charge on any atom is -0.296 e. The summed E-state index contributed by atoms with van der Waals surface area (Å²) < 4.78 is 8.09. The van der Waals surface area contributed by atoms with E-state index in [0.717, 1.165) is 6.54 Å². The Balaban J connectivity index is 1.72. The van der Waals surface area contributed by atoms with Crippen molar-refractivity contribution in [2.75, 3.05) is 6.54 Å². The molecule has 2 aromatic rings. The molecule has 2 aliphatic rings. The van der Waals surface area contributed by atoms with Crippen molar-refractivity contribution in [3.63, 3.8) is 0 Å². The van der Waals surface area contributed by atoms with Gasteiger partial charge in [0.1, 0.15) is 0 Å². The van der Waals surface area contributed by atoms with E-state index in [2.05, 4.69) is 66.7 Å². The van der Waals surface area contributed by atoms with E-state index >= 15 is 0 Å². The van der Waals surface area contributed by atoms with E-state index in [9.17, 15) is 0 Å². The Kier molecular flexibility index (Phi) is 3.29. The van der Waals surface area contributed by atoms with Gasteiger partial charge in [-0.1, -0.05) is 48.5 Å². The van der Waals surface area contributed by atoms with Crippen molar-refractivity contribution in [3.8, 4) is 11.1 Å². The molecule has 0 saturated carbocycles. The first-order chi connectivity index (χ1) is 10.3. The number of fused-ring (bicyclic) bond motifs is 3. The van der Waals surface area contributed by atoms with Crippen molar-refractivity contribution in [3.05, 3.63) is 59.7 Å². The van der Waals surface area contributed by atoms with Gasteiger partial charge in [-0.3, -0.25) is 4.18 Å². The van der Waals surface area contributed by atoms with Crippen molar-refractivity contribution < 1.29 is 4.18 Å². The molecular weight excluding hydrogens is 278 g/mol. The SMILES string of the molecule is C[C@H]1OSN(CC2c3ccccc3-c3ccccc32)[C@H]1C. The molecule has 4 rings (SSSR count). The van der Waals surface area contributed by atoms with Crippen molar-refractivity contribution in [1.82, 2.24) is 4.31 Å². The Labute approximate surface area is 130 Å². The molecule has 0 N–H and O–H groups in total. The Morgan fingerprint density at radius 2 is 1.52 bits per heavy atom. The predicted molar refractivity (Wildman–Crippen MR) is 88.0 cm³/mol. The predicted octanol–water partition coefficient (Wildman–Crippen LogP) is 4.47. The first kappa shape index (κ1) is 13.4. The number of benzene rings is 2. The van der Waals surface area contributed by atoms with E-state index in [0.29, 0.717) is 18.1 Å². The Hall–Kier alpha value is -1.29. The number of hydrogen-bond donors (Lipinski definition) is 0. The molecule has 1 aliphatic carbocycles. The molecule has 0 bridgehead atoms. The molecule has 0 aromatic heterocycles. The van der Waals surface area contributed by atoms with Crippen LogP contribution in [0.1, 0.15) is 30.9 Å². The maximum atomic E-state index is 5.71. The van der Waals surface area contributed by atoms with Crippen LogP contribution in [-0.2, 0) is 4.18 Å². The molecule has 108 valence electrons. The van der Waals surface area contributed by atoms with Gasteiger partial charge >= 0.3 is 0 Å². The van der Waals surface area contributed by atoms with Gasteiger partial charge in [0.05, 0.1) is 18.3 Å². The molecule has 21 heavy (non-hydrogen) atoms. The molecule has 3 heteroatoms. The zero-order valence-electron chi connectivity index (χ0n) is 12.3. The largest absolute Gasteiger partial charge is 0.296 e. The van der Waals surface area contributed by atoms with Crippen LogP contribution in [0, 0.1) is 0 Å². The molecular formula is C18H19NOS. The Bertz CT molecular complexity index is 626. The van der Waals surface area contributed by atoms with Crippen LogP contribution in [0.2, 0.25) is 0 Å². The fraction of sp³-hybridized carbons (Fsp3) is 0.333. The summed E-state index contributed by atoms with van der Waals surface area (Å²) in [6, 6.07) is 18.1. The summed E-state index contributed by atoms with van der Waals surface area (Å²) >= 11 is 1.53. The third kappa shape index (κ3) is 2.11. The normalized spacial score (nSPS) is 25.0. The molecule has 2 nitrogen and oxygen atoms in total. The second-order valence-electron chi connectivity index (χ2n) is 5.94. The number of nitrogens with zero attached hydrogens (tertiary/aromatic N) is 1. The van der Waals surface area contributed by atoms with Crippen LogP contribution in [0.4, 0.5) is 0 Å². The van der Waals surface area contributed by atoms with Crippen LogP contribution < -0.4 is 0 Å². The van der Waals surface area contributed by atoms with E-state index < -0.39 is 0 Å². The summed E-state index contributed by atoms with van der Waals surface area (Å²) in [7, 11) is 0. The summed E-state index contributed by atoms with van der Waals surface area (Å²) in [4.78, 5) is 0. The molecule has 1 fully saturated rings. The standard InChI is InChI=1S/C18H19NOS/c1-12-13(2)20-21-19(12)11-18-16-9-5-3-7-14(16)15-8-4-6-10-17(15)18/h3-10,12-13,18H,11H2,1-2H3/t12-,13+/m0/s1. The van der Waals surface area contributed by atoms with Gasteiger partial charge in [0.2, 0.25) is 0 Å². The highest BCUT2D eigenvalue weighted by Gasteiger charge is 2.35. The highest BCUT2D eigenvalue weighted by atomic mass is 32.2. The Morgan fingerprint density at radius 1 is 0.952 bits per heavy atom. The van der Waals surface area contributed by atoms with Gasteiger partial charge in [-0.15, -0.1) is 0 Å². The monoisotopic (exact) mass is 297 g/mol. The van der Waals surface area contributed by atoms with Crippen LogP contribution in [0.25, 0.3) is 11.1 Å². The third-order valence-electron chi connectivity index (χ3n) is 4.75. The van der Waals surface area contributed by atoms with Gasteiger partial charge in [0, 0.05) is 18.5 Å². The van der Waals surface area contributed by atoms with Crippen molar-refractivity contribution >= 4 is 12.2 Å². The van der Waals surface area contributed by atoms with E-state index in [-0.39, 0.29) is 0 Å². The maximum Gasteiger partial charge on any atom is 0.0871 e. The van der Waals surface area contributed by atoms with Gasteiger partial charge in [-0.2, -0.15) is 0 Å². The van der Waals surface area contributed by atoms with Crippen molar-refractivity contribution in [2.45, 2.75) is 31.9 Å². The first-order valence-electron chi connectivity index (χ1n) is 7.54.